The molecule has 3 heteroatoms. The van der Waals surface area contributed by atoms with Gasteiger partial charge in [-0.1, -0.05) is 26.0 Å². The van der Waals surface area contributed by atoms with Crippen LogP contribution in [0.4, 0.5) is 4.39 Å². The molecule has 2 nitrogen and oxygen atoms in total. The van der Waals surface area contributed by atoms with Crippen LogP contribution in [0, 0.1) is 11.2 Å². The van der Waals surface area contributed by atoms with Crippen LogP contribution in [0.2, 0.25) is 0 Å². The summed E-state index contributed by atoms with van der Waals surface area (Å²) in [6.07, 6.45) is 0. The van der Waals surface area contributed by atoms with E-state index < -0.39 is 0 Å². The van der Waals surface area contributed by atoms with E-state index in [2.05, 4.69) is 0 Å². The molecular formula is C11H17FN2. The lowest BCUT2D eigenvalue weighted by Crippen LogP contribution is -2.35. The van der Waals surface area contributed by atoms with Gasteiger partial charge >= 0.3 is 0 Å². The summed E-state index contributed by atoms with van der Waals surface area (Å²) in [6.45, 7) is 4.43. The van der Waals surface area contributed by atoms with Gasteiger partial charge in [0.05, 0.1) is 0 Å². The molecule has 0 saturated heterocycles. The van der Waals surface area contributed by atoms with Crippen molar-refractivity contribution >= 4 is 0 Å². The minimum absolute atomic E-state index is 0.214. The van der Waals surface area contributed by atoms with Crippen LogP contribution in [0.1, 0.15) is 25.5 Å². The average Bonchev–Trinajstić information content (AvgIpc) is 2.16. The average molecular weight is 196 g/mol. The molecule has 0 radical (unpaired) electrons. The Morgan fingerprint density at radius 1 is 1.43 bits per heavy atom. The molecule has 0 heterocycles. The second-order valence-electron chi connectivity index (χ2n) is 4.23. The third kappa shape index (κ3) is 2.30. The van der Waals surface area contributed by atoms with E-state index in [1.54, 1.807) is 6.07 Å². The van der Waals surface area contributed by atoms with Gasteiger partial charge in [-0.2, -0.15) is 0 Å². The van der Waals surface area contributed by atoms with Crippen LogP contribution in [-0.4, -0.2) is 6.54 Å². The van der Waals surface area contributed by atoms with Crippen molar-refractivity contribution in [2.24, 2.45) is 16.9 Å². The van der Waals surface area contributed by atoms with Crippen LogP contribution in [0.3, 0.4) is 0 Å². The van der Waals surface area contributed by atoms with Gasteiger partial charge in [0, 0.05) is 6.04 Å². The van der Waals surface area contributed by atoms with Gasteiger partial charge in [-0.25, -0.2) is 4.39 Å². The summed E-state index contributed by atoms with van der Waals surface area (Å²) in [5.74, 6) is -0.259. The predicted molar refractivity (Wildman–Crippen MR) is 56.2 cm³/mol. The number of nitrogens with two attached hydrogens (primary N) is 2. The van der Waals surface area contributed by atoms with E-state index in [1.807, 2.05) is 19.9 Å². The zero-order valence-corrected chi connectivity index (χ0v) is 8.63. The lowest BCUT2D eigenvalue weighted by molar-refractivity contribution is 0.300. The molecule has 1 unspecified atom stereocenters. The monoisotopic (exact) mass is 196 g/mol. The normalized spacial score (nSPS) is 14.1. The second-order valence-corrected chi connectivity index (χ2v) is 4.23. The summed E-state index contributed by atoms with van der Waals surface area (Å²) in [5.41, 5.74) is 12.2. The molecule has 0 saturated carbocycles. The minimum Gasteiger partial charge on any atom is -0.330 e. The first-order valence-electron chi connectivity index (χ1n) is 4.68. The van der Waals surface area contributed by atoms with E-state index in [4.69, 9.17) is 11.5 Å². The van der Waals surface area contributed by atoms with Gasteiger partial charge in [0.25, 0.3) is 0 Å². The fourth-order valence-corrected chi connectivity index (χ4v) is 1.28. The summed E-state index contributed by atoms with van der Waals surface area (Å²) in [5, 5.41) is 0. The first-order chi connectivity index (χ1) is 6.47. The minimum atomic E-state index is -0.259. The summed E-state index contributed by atoms with van der Waals surface area (Å²) in [4.78, 5) is 0. The highest BCUT2D eigenvalue weighted by molar-refractivity contribution is 5.21. The van der Waals surface area contributed by atoms with Gasteiger partial charge < -0.3 is 11.5 Å². The van der Waals surface area contributed by atoms with Crippen molar-refractivity contribution in [3.8, 4) is 0 Å². The smallest absolute Gasteiger partial charge is 0.123 e. The van der Waals surface area contributed by atoms with Crippen molar-refractivity contribution in [1.29, 1.82) is 0 Å². The van der Waals surface area contributed by atoms with E-state index in [1.165, 1.54) is 12.1 Å². The van der Waals surface area contributed by atoms with Crippen LogP contribution in [-0.2, 0) is 0 Å². The van der Waals surface area contributed by atoms with E-state index in [0.29, 0.717) is 6.54 Å². The van der Waals surface area contributed by atoms with Crippen LogP contribution < -0.4 is 11.5 Å². The van der Waals surface area contributed by atoms with E-state index >= 15 is 0 Å². The standard InChI is InChI=1S/C11H17FN2/c1-11(2,7-13)10(14)8-4-3-5-9(12)6-8/h3-6,10H,7,13-14H2,1-2H3. The highest BCUT2D eigenvalue weighted by atomic mass is 19.1. The topological polar surface area (TPSA) is 52.0 Å². The van der Waals surface area contributed by atoms with Gasteiger partial charge in [-0.15, -0.1) is 0 Å². The quantitative estimate of drug-likeness (QED) is 0.774. The zero-order valence-electron chi connectivity index (χ0n) is 8.63. The van der Waals surface area contributed by atoms with Crippen molar-refractivity contribution in [3.05, 3.63) is 35.6 Å². The van der Waals surface area contributed by atoms with Crippen LogP contribution >= 0.6 is 0 Å². The van der Waals surface area contributed by atoms with Crippen molar-refractivity contribution in [2.75, 3.05) is 6.54 Å². The predicted octanol–water partition coefficient (Wildman–Crippen LogP) is 1.81. The van der Waals surface area contributed by atoms with Gasteiger partial charge in [0.15, 0.2) is 0 Å². The van der Waals surface area contributed by atoms with E-state index in [0.717, 1.165) is 5.56 Å². The van der Waals surface area contributed by atoms with Crippen LogP contribution in [0.25, 0.3) is 0 Å². The Morgan fingerprint density at radius 2 is 2.07 bits per heavy atom. The molecule has 0 aromatic heterocycles. The molecule has 1 aromatic rings. The molecule has 1 rings (SSSR count). The molecule has 1 atom stereocenters. The molecule has 0 aliphatic carbocycles. The maximum atomic E-state index is 12.9. The summed E-state index contributed by atoms with van der Waals surface area (Å²) >= 11 is 0. The fraction of sp³-hybridized carbons (Fsp3) is 0.455. The number of rotatable bonds is 3. The first kappa shape index (κ1) is 11.1. The number of halogens is 1. The molecule has 4 N–H and O–H groups in total. The Hall–Kier alpha value is -0.930. The molecule has 0 fully saturated rings. The lowest BCUT2D eigenvalue weighted by atomic mass is 9.81. The van der Waals surface area contributed by atoms with Crippen LogP contribution in [0.15, 0.2) is 24.3 Å². The van der Waals surface area contributed by atoms with Crippen LogP contribution in [0.5, 0.6) is 0 Å². The molecule has 0 aliphatic heterocycles. The Bertz CT molecular complexity index is 310. The molecule has 78 valence electrons. The fourth-order valence-electron chi connectivity index (χ4n) is 1.28. The maximum Gasteiger partial charge on any atom is 0.123 e. The Balaban J connectivity index is 2.94. The van der Waals surface area contributed by atoms with E-state index in [-0.39, 0.29) is 17.3 Å². The zero-order chi connectivity index (χ0) is 10.8. The SMILES string of the molecule is CC(C)(CN)C(N)c1cccc(F)c1. The third-order valence-corrected chi connectivity index (χ3v) is 2.58. The number of benzene rings is 1. The highest BCUT2D eigenvalue weighted by Crippen LogP contribution is 2.29. The van der Waals surface area contributed by atoms with Gasteiger partial charge in [0.2, 0.25) is 0 Å². The molecule has 0 bridgehead atoms. The Kier molecular flexibility index (Phi) is 3.24. The Labute approximate surface area is 84.1 Å². The van der Waals surface area contributed by atoms with Crippen molar-refractivity contribution in [1.82, 2.24) is 0 Å². The molecular weight excluding hydrogens is 179 g/mol. The van der Waals surface area contributed by atoms with Gasteiger partial charge in [-0.05, 0) is 29.7 Å². The maximum absolute atomic E-state index is 12.9. The van der Waals surface area contributed by atoms with Gasteiger partial charge in [0.1, 0.15) is 5.82 Å². The molecule has 0 aliphatic rings. The summed E-state index contributed by atoms with van der Waals surface area (Å²) < 4.78 is 12.9. The lowest BCUT2D eigenvalue weighted by Gasteiger charge is -2.30. The van der Waals surface area contributed by atoms with E-state index in [9.17, 15) is 4.39 Å². The van der Waals surface area contributed by atoms with Crippen molar-refractivity contribution < 1.29 is 4.39 Å². The molecule has 14 heavy (non-hydrogen) atoms. The summed E-state index contributed by atoms with van der Waals surface area (Å²) in [7, 11) is 0. The molecule has 0 amide bonds. The second kappa shape index (κ2) is 4.07. The number of hydrogen-bond acceptors (Lipinski definition) is 2. The first-order valence-corrected chi connectivity index (χ1v) is 4.68. The van der Waals surface area contributed by atoms with Crippen molar-refractivity contribution in [2.45, 2.75) is 19.9 Å². The highest BCUT2D eigenvalue weighted by Gasteiger charge is 2.26. The third-order valence-electron chi connectivity index (χ3n) is 2.58. The Morgan fingerprint density at radius 3 is 2.57 bits per heavy atom. The summed E-state index contributed by atoms with van der Waals surface area (Å²) in [6, 6.07) is 6.12. The molecule has 1 aromatic carbocycles. The van der Waals surface area contributed by atoms with Crippen molar-refractivity contribution in [3.63, 3.8) is 0 Å². The number of hydrogen-bond donors (Lipinski definition) is 2. The molecule has 0 spiro atoms. The largest absolute Gasteiger partial charge is 0.330 e. The van der Waals surface area contributed by atoms with Gasteiger partial charge in [-0.3, -0.25) is 0 Å².